The molecule has 1 unspecified atom stereocenters. The van der Waals surface area contributed by atoms with Crippen molar-refractivity contribution in [1.29, 1.82) is 0 Å². The van der Waals surface area contributed by atoms with Gasteiger partial charge in [-0.1, -0.05) is 0 Å². The number of hydrogen-bond donors (Lipinski definition) is 8. The molecule has 0 bridgehead atoms. The van der Waals surface area contributed by atoms with Gasteiger partial charge in [0.05, 0.1) is 0 Å². The molecule has 0 saturated heterocycles. The Morgan fingerprint density at radius 3 is 0.478 bits per heavy atom. The summed E-state index contributed by atoms with van der Waals surface area (Å²) in [6, 6.07) is 0. The Morgan fingerprint density at radius 2 is 0.478 bits per heavy atom. The number of hydrogen-bond acceptors (Lipinski definition) is 7. The Bertz CT molecular complexity index is 217. The van der Waals surface area contributed by atoms with Gasteiger partial charge in [-0.05, 0) is 0 Å². The van der Waals surface area contributed by atoms with E-state index in [2.05, 4.69) is 0 Å². The summed E-state index contributed by atoms with van der Waals surface area (Å²) in [5.74, 6) is 0. The van der Waals surface area contributed by atoms with Gasteiger partial charge in [-0.15, -0.1) is 0 Å². The maximum absolute atomic E-state index is 8.56. The standard InChI is InChI=1S/5CH2O3.2Na.H3P/c5*2-1(3)4;;;/h5*(H2,2,3,4);;;1H3/q;;;;;2*+1;/p-2. The van der Waals surface area contributed by atoms with Crippen LogP contribution in [-0.2, 0) is 0 Å². The smallest absolute Gasteiger partial charge is 0.565 e. The molecule has 0 aliphatic rings. The van der Waals surface area contributed by atoms with Crippen LogP contribution in [0, 0.1) is 0 Å². The largest absolute Gasteiger partial charge is 1.00 e. The first-order valence-corrected chi connectivity index (χ1v) is 3.22. The molecule has 0 aliphatic heterocycles. The van der Waals surface area contributed by atoms with Crippen LogP contribution in [0.15, 0.2) is 0 Å². The van der Waals surface area contributed by atoms with Crippen molar-refractivity contribution in [3.05, 3.63) is 0 Å². The zero-order valence-electron chi connectivity index (χ0n) is 11.6. The summed E-state index contributed by atoms with van der Waals surface area (Å²) in [5, 5.41) is 72.4. The molecule has 0 aromatic heterocycles. The molecular formula is C5H11Na2O15P. The molecule has 1 atom stereocenters. The normalized spacial score (nSPS) is 5.22. The van der Waals surface area contributed by atoms with E-state index in [-0.39, 0.29) is 69.0 Å². The summed E-state index contributed by atoms with van der Waals surface area (Å²) in [6.07, 6.45) is -9.67. The number of carboxylic acid groups (broad SMARTS) is 10. The fourth-order valence-electron chi connectivity index (χ4n) is 0. The van der Waals surface area contributed by atoms with Crippen LogP contribution in [0.25, 0.3) is 0 Å². The Hall–Kier alpha value is -1.22. The Labute approximate surface area is 174 Å². The molecule has 0 saturated carbocycles. The monoisotopic (exact) mass is 388 g/mol. The minimum atomic E-state index is -2.08. The van der Waals surface area contributed by atoms with E-state index in [1.807, 2.05) is 0 Å². The molecule has 0 radical (unpaired) electrons. The molecule has 18 heteroatoms. The number of rotatable bonds is 0. The predicted octanol–water partition coefficient (Wildman–Crippen LogP) is -7.49. The molecular weight excluding hydrogens is 377 g/mol. The zero-order chi connectivity index (χ0) is 17.9. The van der Waals surface area contributed by atoms with Crippen LogP contribution in [0.2, 0.25) is 0 Å². The average molecular weight is 388 g/mol. The average Bonchev–Trinajstić information content (AvgIpc) is 1.94. The van der Waals surface area contributed by atoms with E-state index in [0.717, 1.165) is 0 Å². The van der Waals surface area contributed by atoms with Gasteiger partial charge in [0.15, 0.2) is 0 Å². The summed E-state index contributed by atoms with van der Waals surface area (Å²) in [7, 11) is 0. The van der Waals surface area contributed by atoms with Crippen molar-refractivity contribution in [2.45, 2.75) is 0 Å². The molecule has 128 valence electrons. The summed E-state index contributed by atoms with van der Waals surface area (Å²) in [5.41, 5.74) is 0. The van der Waals surface area contributed by atoms with E-state index < -0.39 is 30.8 Å². The third-order valence-corrected chi connectivity index (χ3v) is 0. The van der Waals surface area contributed by atoms with Crippen LogP contribution in [0.3, 0.4) is 0 Å². The molecule has 15 nitrogen and oxygen atoms in total. The van der Waals surface area contributed by atoms with Crippen LogP contribution in [0.5, 0.6) is 0 Å². The topological polar surface area (TPSA) is 293 Å². The van der Waals surface area contributed by atoms with Crippen molar-refractivity contribution >= 4 is 40.7 Å². The molecule has 0 rings (SSSR count). The van der Waals surface area contributed by atoms with Crippen LogP contribution in [0.1, 0.15) is 0 Å². The first kappa shape index (κ1) is 49.5. The van der Waals surface area contributed by atoms with Gasteiger partial charge >= 0.3 is 77.6 Å². The van der Waals surface area contributed by atoms with Crippen LogP contribution in [-0.4, -0.2) is 71.6 Å². The first-order valence-electron chi connectivity index (χ1n) is 3.22. The third-order valence-electron chi connectivity index (χ3n) is 0. The van der Waals surface area contributed by atoms with E-state index in [1.54, 1.807) is 0 Å². The summed E-state index contributed by atoms with van der Waals surface area (Å²) in [6.45, 7) is 0. The van der Waals surface area contributed by atoms with Gasteiger partial charge in [-0.25, -0.2) is 14.4 Å². The van der Waals surface area contributed by atoms with Gasteiger partial charge in [0.2, 0.25) is 12.3 Å². The molecule has 0 aromatic rings. The molecule has 8 N–H and O–H groups in total. The Morgan fingerprint density at radius 1 is 0.478 bits per heavy atom. The van der Waals surface area contributed by atoms with E-state index in [0.29, 0.717) is 0 Å². The van der Waals surface area contributed by atoms with E-state index in [1.165, 1.54) is 0 Å². The van der Waals surface area contributed by atoms with Crippen molar-refractivity contribution in [2.75, 3.05) is 0 Å². The van der Waals surface area contributed by atoms with E-state index in [4.69, 9.17) is 75.0 Å². The summed E-state index contributed by atoms with van der Waals surface area (Å²) >= 11 is 0. The molecule has 0 aromatic carbocycles. The van der Waals surface area contributed by atoms with Gasteiger partial charge < -0.3 is 60.7 Å². The van der Waals surface area contributed by atoms with E-state index in [9.17, 15) is 0 Å². The SMILES string of the molecule is O=C(O)O.O=C(O)O.O=C(O)O.O=C([O-])O.O=C([O-])O.P.[Na+].[Na+]. The minimum Gasteiger partial charge on any atom is -0.565 e. The van der Waals surface area contributed by atoms with Gasteiger partial charge in [-0.3, -0.25) is 0 Å². The van der Waals surface area contributed by atoms with Gasteiger partial charge in [-0.2, -0.15) is 9.90 Å². The van der Waals surface area contributed by atoms with Crippen molar-refractivity contribution in [1.82, 2.24) is 0 Å². The molecule has 0 heterocycles. The molecule has 0 spiro atoms. The Balaban J connectivity index is -0.0000000197. The molecule has 0 fully saturated rings. The maximum atomic E-state index is 8.56. The maximum Gasteiger partial charge on any atom is 1.00 e. The second kappa shape index (κ2) is 42.8. The second-order valence-electron chi connectivity index (χ2n) is 1.38. The minimum absolute atomic E-state index is 0. The predicted molar refractivity (Wildman–Crippen MR) is 59.1 cm³/mol. The van der Waals surface area contributed by atoms with Gasteiger partial charge in [0.25, 0.3) is 0 Å². The summed E-state index contributed by atoms with van der Waals surface area (Å²) < 4.78 is 0. The van der Waals surface area contributed by atoms with Gasteiger partial charge in [0.1, 0.15) is 0 Å². The van der Waals surface area contributed by atoms with Crippen LogP contribution < -0.4 is 69.3 Å². The van der Waals surface area contributed by atoms with Crippen LogP contribution >= 0.6 is 9.90 Å². The van der Waals surface area contributed by atoms with Gasteiger partial charge in [0, 0.05) is 0 Å². The fourth-order valence-corrected chi connectivity index (χ4v) is 0. The summed E-state index contributed by atoms with van der Waals surface area (Å²) in [4.78, 5) is 42.6. The second-order valence-corrected chi connectivity index (χ2v) is 1.38. The molecule has 0 amide bonds. The quantitative estimate of drug-likeness (QED) is 0.141. The zero-order valence-corrected chi connectivity index (χ0v) is 17.1. The fraction of sp³-hybridized carbons (Fsp3) is 0. The van der Waals surface area contributed by atoms with Crippen molar-refractivity contribution < 1.29 is 134 Å². The van der Waals surface area contributed by atoms with Crippen molar-refractivity contribution in [3.8, 4) is 0 Å². The van der Waals surface area contributed by atoms with E-state index >= 15 is 0 Å². The van der Waals surface area contributed by atoms with Crippen LogP contribution in [0.4, 0.5) is 24.0 Å². The number of carbonyl (C=O) groups is 5. The molecule has 23 heavy (non-hydrogen) atoms. The first-order chi connectivity index (χ1) is 8.66. The Kier molecular flexibility index (Phi) is 92.2. The molecule has 0 aliphatic carbocycles. The van der Waals surface area contributed by atoms with Crippen molar-refractivity contribution in [2.24, 2.45) is 0 Å². The van der Waals surface area contributed by atoms with Crippen molar-refractivity contribution in [3.63, 3.8) is 0 Å². The third kappa shape index (κ3) is 4920.